The van der Waals surface area contributed by atoms with Crippen LogP contribution < -0.4 is 10.1 Å². The van der Waals surface area contributed by atoms with E-state index >= 15 is 0 Å². The van der Waals surface area contributed by atoms with Crippen LogP contribution in [0.3, 0.4) is 0 Å². The SMILES string of the molecule is COc1ccc(CCC(=O)NCc2ccc(C(O)c3ccccc3)s2)cc1. The fraction of sp³-hybridized carbons (Fsp3) is 0.227. The molecule has 3 rings (SSSR count). The Hall–Kier alpha value is -2.63. The molecule has 2 aromatic carbocycles. The second-order valence-electron chi connectivity index (χ2n) is 6.24. The zero-order valence-electron chi connectivity index (χ0n) is 15.2. The van der Waals surface area contributed by atoms with Crippen LogP contribution in [-0.4, -0.2) is 18.1 Å². The zero-order valence-corrected chi connectivity index (χ0v) is 16.0. The van der Waals surface area contributed by atoms with E-state index in [0.29, 0.717) is 19.4 Å². The summed E-state index contributed by atoms with van der Waals surface area (Å²) in [6.07, 6.45) is 0.505. The van der Waals surface area contributed by atoms with E-state index in [1.54, 1.807) is 7.11 Å². The molecular weight excluding hydrogens is 358 g/mol. The number of thiophene rings is 1. The quantitative estimate of drug-likeness (QED) is 0.618. The van der Waals surface area contributed by atoms with Gasteiger partial charge in [-0.05, 0) is 41.8 Å². The van der Waals surface area contributed by atoms with Gasteiger partial charge < -0.3 is 15.2 Å². The third kappa shape index (κ3) is 5.42. The van der Waals surface area contributed by atoms with E-state index in [1.165, 1.54) is 11.3 Å². The van der Waals surface area contributed by atoms with E-state index in [1.807, 2.05) is 66.7 Å². The average Bonchev–Trinajstić information content (AvgIpc) is 3.20. The fourth-order valence-corrected chi connectivity index (χ4v) is 3.73. The van der Waals surface area contributed by atoms with E-state index in [9.17, 15) is 9.90 Å². The van der Waals surface area contributed by atoms with Crippen LogP contribution in [0.4, 0.5) is 0 Å². The van der Waals surface area contributed by atoms with Gasteiger partial charge in [-0.15, -0.1) is 11.3 Å². The molecule has 3 aromatic rings. The lowest BCUT2D eigenvalue weighted by molar-refractivity contribution is -0.121. The average molecular weight is 381 g/mol. The number of benzene rings is 2. The van der Waals surface area contributed by atoms with Crippen LogP contribution in [-0.2, 0) is 17.8 Å². The van der Waals surface area contributed by atoms with E-state index in [2.05, 4.69) is 5.32 Å². The van der Waals surface area contributed by atoms with E-state index in [4.69, 9.17) is 4.74 Å². The number of nitrogens with one attached hydrogen (secondary N) is 1. The molecule has 5 heteroatoms. The molecule has 0 radical (unpaired) electrons. The third-order valence-electron chi connectivity index (χ3n) is 4.33. The minimum absolute atomic E-state index is 0.0179. The predicted octanol–water partition coefficient (Wildman–Crippen LogP) is 4.09. The molecule has 1 aromatic heterocycles. The Labute approximate surface area is 163 Å². The van der Waals surface area contributed by atoms with Gasteiger partial charge >= 0.3 is 0 Å². The number of rotatable bonds is 8. The lowest BCUT2D eigenvalue weighted by Gasteiger charge is -2.08. The van der Waals surface area contributed by atoms with Gasteiger partial charge in [0.1, 0.15) is 11.9 Å². The van der Waals surface area contributed by atoms with Gasteiger partial charge in [0, 0.05) is 16.2 Å². The molecule has 1 heterocycles. The van der Waals surface area contributed by atoms with E-state index in [-0.39, 0.29) is 5.91 Å². The summed E-state index contributed by atoms with van der Waals surface area (Å²) in [6, 6.07) is 21.2. The number of aliphatic hydroxyl groups is 1. The van der Waals surface area contributed by atoms with Crippen molar-refractivity contribution in [2.45, 2.75) is 25.5 Å². The topological polar surface area (TPSA) is 58.6 Å². The lowest BCUT2D eigenvalue weighted by atomic mass is 10.1. The summed E-state index contributed by atoms with van der Waals surface area (Å²) in [5.41, 5.74) is 1.98. The van der Waals surface area contributed by atoms with Gasteiger partial charge in [-0.2, -0.15) is 0 Å². The number of hydrogen-bond donors (Lipinski definition) is 2. The van der Waals surface area contributed by atoms with Crippen LogP contribution in [0.25, 0.3) is 0 Å². The highest BCUT2D eigenvalue weighted by Gasteiger charge is 2.13. The van der Waals surface area contributed by atoms with Crippen molar-refractivity contribution >= 4 is 17.2 Å². The Kier molecular flexibility index (Phi) is 6.63. The molecule has 0 saturated carbocycles. The van der Waals surface area contributed by atoms with Crippen LogP contribution in [0.2, 0.25) is 0 Å². The van der Waals surface area contributed by atoms with E-state index < -0.39 is 6.10 Å². The minimum Gasteiger partial charge on any atom is -0.497 e. The van der Waals surface area contributed by atoms with Crippen LogP contribution in [0.1, 0.15) is 33.4 Å². The van der Waals surface area contributed by atoms with Crippen LogP contribution in [0.5, 0.6) is 5.75 Å². The molecule has 27 heavy (non-hydrogen) atoms. The largest absolute Gasteiger partial charge is 0.497 e. The van der Waals surface area contributed by atoms with Gasteiger partial charge in [0.05, 0.1) is 13.7 Å². The Bertz CT molecular complexity index is 859. The number of ether oxygens (including phenoxy) is 1. The lowest BCUT2D eigenvalue weighted by Crippen LogP contribution is -2.22. The first-order valence-electron chi connectivity index (χ1n) is 8.87. The summed E-state index contributed by atoms with van der Waals surface area (Å²) in [5, 5.41) is 13.4. The highest BCUT2D eigenvalue weighted by molar-refractivity contribution is 7.12. The molecule has 2 N–H and O–H groups in total. The number of hydrogen-bond acceptors (Lipinski definition) is 4. The first kappa shape index (κ1) is 19.1. The maximum absolute atomic E-state index is 12.1. The highest BCUT2D eigenvalue weighted by atomic mass is 32.1. The number of amides is 1. The molecule has 0 aliphatic heterocycles. The predicted molar refractivity (Wildman–Crippen MR) is 108 cm³/mol. The molecule has 1 unspecified atom stereocenters. The molecule has 0 aliphatic carbocycles. The fourth-order valence-electron chi connectivity index (χ4n) is 2.76. The maximum atomic E-state index is 12.1. The first-order chi connectivity index (χ1) is 13.2. The summed E-state index contributed by atoms with van der Waals surface area (Å²) >= 11 is 1.52. The van der Waals surface area contributed by atoms with Crippen LogP contribution in [0, 0.1) is 0 Å². The monoisotopic (exact) mass is 381 g/mol. The Morgan fingerprint density at radius 2 is 1.81 bits per heavy atom. The molecule has 4 nitrogen and oxygen atoms in total. The summed E-state index contributed by atoms with van der Waals surface area (Å²) in [7, 11) is 1.64. The molecule has 0 fully saturated rings. The normalized spacial score (nSPS) is 11.8. The number of carbonyl (C=O) groups is 1. The van der Waals surface area contributed by atoms with Crippen molar-refractivity contribution in [3.8, 4) is 5.75 Å². The molecule has 0 spiro atoms. The summed E-state index contributed by atoms with van der Waals surface area (Å²) in [6.45, 7) is 0.480. The molecule has 0 saturated heterocycles. The van der Waals surface area contributed by atoms with Crippen molar-refractivity contribution in [2.24, 2.45) is 0 Å². The highest BCUT2D eigenvalue weighted by Crippen LogP contribution is 2.28. The second-order valence-corrected chi connectivity index (χ2v) is 7.44. The summed E-state index contributed by atoms with van der Waals surface area (Å²) in [5.74, 6) is 0.832. The van der Waals surface area contributed by atoms with E-state index in [0.717, 1.165) is 26.6 Å². The molecule has 0 aliphatic rings. The molecular formula is C22H23NO3S. The van der Waals surface area contributed by atoms with Gasteiger partial charge in [-0.1, -0.05) is 42.5 Å². The molecule has 140 valence electrons. The van der Waals surface area contributed by atoms with Crippen LogP contribution >= 0.6 is 11.3 Å². The zero-order chi connectivity index (χ0) is 19.1. The van der Waals surface area contributed by atoms with Crippen molar-refractivity contribution in [3.63, 3.8) is 0 Å². The second kappa shape index (κ2) is 9.35. The molecule has 1 amide bonds. The number of carbonyl (C=O) groups excluding carboxylic acids is 1. The molecule has 0 bridgehead atoms. The van der Waals surface area contributed by atoms with Crippen molar-refractivity contribution < 1.29 is 14.6 Å². The van der Waals surface area contributed by atoms with Crippen molar-refractivity contribution in [1.82, 2.24) is 5.32 Å². The van der Waals surface area contributed by atoms with Gasteiger partial charge in [0.2, 0.25) is 5.91 Å². The molecule has 1 atom stereocenters. The standard InChI is InChI=1S/C22H23NO3S/c1-26-18-10-7-16(8-11-18)9-14-21(24)23-15-19-12-13-20(27-19)22(25)17-5-3-2-4-6-17/h2-8,10-13,22,25H,9,14-15H2,1H3,(H,23,24). The Morgan fingerprint density at radius 3 is 2.52 bits per heavy atom. The summed E-state index contributed by atoms with van der Waals surface area (Å²) < 4.78 is 5.13. The van der Waals surface area contributed by atoms with Gasteiger partial charge in [0.15, 0.2) is 0 Å². The number of aryl methyl sites for hydroxylation is 1. The van der Waals surface area contributed by atoms with Gasteiger partial charge in [-0.25, -0.2) is 0 Å². The Morgan fingerprint density at radius 1 is 1.07 bits per heavy atom. The third-order valence-corrected chi connectivity index (χ3v) is 5.46. The summed E-state index contributed by atoms with van der Waals surface area (Å²) in [4.78, 5) is 14.0. The van der Waals surface area contributed by atoms with Crippen molar-refractivity contribution in [1.29, 1.82) is 0 Å². The van der Waals surface area contributed by atoms with Crippen molar-refractivity contribution in [3.05, 3.63) is 87.6 Å². The first-order valence-corrected chi connectivity index (χ1v) is 9.68. The number of aliphatic hydroxyl groups excluding tert-OH is 1. The van der Waals surface area contributed by atoms with Crippen LogP contribution in [0.15, 0.2) is 66.7 Å². The minimum atomic E-state index is -0.629. The van der Waals surface area contributed by atoms with Crippen molar-refractivity contribution in [2.75, 3.05) is 7.11 Å². The Balaban J connectivity index is 1.47. The van der Waals surface area contributed by atoms with Gasteiger partial charge in [-0.3, -0.25) is 4.79 Å². The maximum Gasteiger partial charge on any atom is 0.220 e. The smallest absolute Gasteiger partial charge is 0.220 e. The number of methoxy groups -OCH3 is 1. The van der Waals surface area contributed by atoms with Gasteiger partial charge in [0.25, 0.3) is 0 Å².